The molecular formula is C27H24BrClN2O4. The summed E-state index contributed by atoms with van der Waals surface area (Å²) in [5.74, 6) is 1.15. The summed E-state index contributed by atoms with van der Waals surface area (Å²) >= 11 is 9.75. The molecule has 8 heteroatoms. The standard InChI is InChI=1S/C27H24BrClN2O4/c1-3-33-22-11-9-21(10-12-22)31-27(32)20(16-30)13-18-14-23(28)26(25(15-18)34-4-2)35-17-19-7-5-6-8-24(19)29/h5-15H,3-4,17H2,1-2H3,(H,31,32)/b20-13-. The van der Waals surface area contributed by atoms with Crippen molar-refractivity contribution in [3.05, 3.63) is 86.9 Å². The third kappa shape index (κ3) is 7.25. The van der Waals surface area contributed by atoms with Gasteiger partial charge < -0.3 is 19.5 Å². The summed E-state index contributed by atoms with van der Waals surface area (Å²) in [5, 5.41) is 12.9. The van der Waals surface area contributed by atoms with Crippen LogP contribution in [0, 0.1) is 11.3 Å². The number of hydrogen-bond acceptors (Lipinski definition) is 5. The minimum atomic E-state index is -0.523. The van der Waals surface area contributed by atoms with Gasteiger partial charge in [0.2, 0.25) is 0 Å². The Bertz CT molecular complexity index is 1250. The summed E-state index contributed by atoms with van der Waals surface area (Å²) < 4.78 is 17.8. The zero-order valence-corrected chi connectivity index (χ0v) is 21.7. The van der Waals surface area contributed by atoms with Crippen LogP contribution in [-0.2, 0) is 11.4 Å². The highest BCUT2D eigenvalue weighted by atomic mass is 79.9. The van der Waals surface area contributed by atoms with Gasteiger partial charge in [-0.3, -0.25) is 4.79 Å². The van der Waals surface area contributed by atoms with Gasteiger partial charge in [0.15, 0.2) is 11.5 Å². The van der Waals surface area contributed by atoms with Gasteiger partial charge >= 0.3 is 0 Å². The first kappa shape index (κ1) is 26.1. The Labute approximate surface area is 218 Å². The van der Waals surface area contributed by atoms with Crippen LogP contribution in [0.2, 0.25) is 5.02 Å². The molecular weight excluding hydrogens is 532 g/mol. The average Bonchev–Trinajstić information content (AvgIpc) is 2.84. The van der Waals surface area contributed by atoms with E-state index >= 15 is 0 Å². The predicted molar refractivity (Wildman–Crippen MR) is 141 cm³/mol. The van der Waals surface area contributed by atoms with Crippen molar-refractivity contribution >= 4 is 45.2 Å². The first-order valence-corrected chi connectivity index (χ1v) is 12.1. The largest absolute Gasteiger partial charge is 0.494 e. The number of halogens is 2. The molecule has 0 aliphatic rings. The number of amides is 1. The van der Waals surface area contributed by atoms with Crippen LogP contribution < -0.4 is 19.5 Å². The van der Waals surface area contributed by atoms with Crippen LogP contribution in [0.5, 0.6) is 17.2 Å². The number of ether oxygens (including phenoxy) is 3. The van der Waals surface area contributed by atoms with Crippen LogP contribution in [0.3, 0.4) is 0 Å². The molecule has 0 radical (unpaired) electrons. The van der Waals surface area contributed by atoms with Crippen LogP contribution in [0.4, 0.5) is 5.69 Å². The summed E-state index contributed by atoms with van der Waals surface area (Å²) in [6.07, 6.45) is 1.50. The fourth-order valence-electron chi connectivity index (χ4n) is 3.15. The smallest absolute Gasteiger partial charge is 0.266 e. The number of nitrogens with zero attached hydrogens (tertiary/aromatic N) is 1. The van der Waals surface area contributed by atoms with E-state index in [1.54, 1.807) is 42.5 Å². The van der Waals surface area contributed by atoms with Gasteiger partial charge in [-0.2, -0.15) is 5.26 Å². The molecule has 35 heavy (non-hydrogen) atoms. The second-order valence-corrected chi connectivity index (χ2v) is 8.49. The fourth-order valence-corrected chi connectivity index (χ4v) is 3.92. The Morgan fingerprint density at radius 1 is 1.06 bits per heavy atom. The Kier molecular flexibility index (Phi) is 9.59. The van der Waals surface area contributed by atoms with Gasteiger partial charge in [0.05, 0.1) is 17.7 Å². The molecule has 1 amide bonds. The maximum absolute atomic E-state index is 12.7. The van der Waals surface area contributed by atoms with Crippen LogP contribution in [0.25, 0.3) is 6.08 Å². The monoisotopic (exact) mass is 554 g/mol. The minimum absolute atomic E-state index is 0.0574. The van der Waals surface area contributed by atoms with Crippen LogP contribution in [0.1, 0.15) is 25.0 Å². The molecule has 0 aromatic heterocycles. The maximum atomic E-state index is 12.7. The number of hydrogen-bond donors (Lipinski definition) is 1. The second kappa shape index (κ2) is 12.8. The molecule has 6 nitrogen and oxygen atoms in total. The average molecular weight is 556 g/mol. The van der Waals surface area contributed by atoms with Gasteiger partial charge in [-0.15, -0.1) is 0 Å². The van der Waals surface area contributed by atoms with Crippen molar-refractivity contribution in [3.63, 3.8) is 0 Å². The first-order chi connectivity index (χ1) is 16.9. The van der Waals surface area contributed by atoms with Gasteiger partial charge in [0.1, 0.15) is 24.0 Å². The molecule has 0 saturated heterocycles. The van der Waals surface area contributed by atoms with E-state index in [2.05, 4.69) is 21.2 Å². The molecule has 3 aromatic carbocycles. The summed E-state index contributed by atoms with van der Waals surface area (Å²) in [6.45, 7) is 4.97. The van der Waals surface area contributed by atoms with Crippen LogP contribution >= 0.6 is 27.5 Å². The molecule has 3 aromatic rings. The van der Waals surface area contributed by atoms with E-state index in [0.717, 1.165) is 5.56 Å². The van der Waals surface area contributed by atoms with Gasteiger partial charge in [0, 0.05) is 16.3 Å². The minimum Gasteiger partial charge on any atom is -0.494 e. The lowest BCUT2D eigenvalue weighted by Gasteiger charge is -2.15. The molecule has 0 saturated carbocycles. The quantitative estimate of drug-likeness (QED) is 0.215. The van der Waals surface area contributed by atoms with Gasteiger partial charge in [-0.05, 0) is 83.9 Å². The zero-order chi connectivity index (χ0) is 25.2. The van der Waals surface area contributed by atoms with Crippen molar-refractivity contribution in [1.29, 1.82) is 5.26 Å². The Morgan fingerprint density at radius 2 is 1.77 bits per heavy atom. The summed E-state index contributed by atoms with van der Waals surface area (Å²) in [5.41, 5.74) is 1.94. The molecule has 0 heterocycles. The van der Waals surface area contributed by atoms with E-state index in [1.165, 1.54) is 6.08 Å². The van der Waals surface area contributed by atoms with Gasteiger partial charge in [0.25, 0.3) is 5.91 Å². The number of carbonyl (C=O) groups is 1. The van der Waals surface area contributed by atoms with E-state index < -0.39 is 5.91 Å². The highest BCUT2D eigenvalue weighted by molar-refractivity contribution is 9.10. The number of nitrogens with one attached hydrogen (secondary N) is 1. The lowest BCUT2D eigenvalue weighted by atomic mass is 10.1. The highest BCUT2D eigenvalue weighted by Gasteiger charge is 2.15. The van der Waals surface area contributed by atoms with Gasteiger partial charge in [-0.25, -0.2) is 0 Å². The highest BCUT2D eigenvalue weighted by Crippen LogP contribution is 2.38. The van der Waals surface area contributed by atoms with E-state index in [0.29, 0.717) is 51.2 Å². The molecule has 1 N–H and O–H groups in total. The van der Waals surface area contributed by atoms with Crippen molar-refractivity contribution in [2.75, 3.05) is 18.5 Å². The summed E-state index contributed by atoms with van der Waals surface area (Å²) in [4.78, 5) is 12.7. The first-order valence-electron chi connectivity index (χ1n) is 10.9. The van der Waals surface area contributed by atoms with Gasteiger partial charge in [-0.1, -0.05) is 29.8 Å². The number of benzene rings is 3. The maximum Gasteiger partial charge on any atom is 0.266 e. The Hall–Kier alpha value is -3.47. The fraction of sp³-hybridized carbons (Fsp3) is 0.185. The summed E-state index contributed by atoms with van der Waals surface area (Å²) in [7, 11) is 0. The molecule has 0 bridgehead atoms. The van der Waals surface area contributed by atoms with Crippen molar-refractivity contribution in [3.8, 4) is 23.3 Å². The Morgan fingerprint density at radius 3 is 2.43 bits per heavy atom. The van der Waals surface area contributed by atoms with Crippen LogP contribution in [-0.4, -0.2) is 19.1 Å². The van der Waals surface area contributed by atoms with E-state index in [4.69, 9.17) is 25.8 Å². The molecule has 0 spiro atoms. The third-order valence-electron chi connectivity index (χ3n) is 4.76. The molecule has 0 aliphatic carbocycles. The number of anilines is 1. The molecule has 180 valence electrons. The molecule has 0 unspecified atom stereocenters. The zero-order valence-electron chi connectivity index (χ0n) is 19.3. The van der Waals surface area contributed by atoms with Crippen LogP contribution in [0.15, 0.2) is 70.7 Å². The topological polar surface area (TPSA) is 80.6 Å². The van der Waals surface area contributed by atoms with Crippen molar-refractivity contribution < 1.29 is 19.0 Å². The third-order valence-corrected chi connectivity index (χ3v) is 5.72. The van der Waals surface area contributed by atoms with E-state index in [9.17, 15) is 10.1 Å². The summed E-state index contributed by atoms with van der Waals surface area (Å²) in [6, 6.07) is 19.8. The van der Waals surface area contributed by atoms with Crippen molar-refractivity contribution in [1.82, 2.24) is 0 Å². The molecule has 0 atom stereocenters. The number of nitriles is 1. The number of rotatable bonds is 10. The number of carbonyl (C=O) groups excluding carboxylic acids is 1. The van der Waals surface area contributed by atoms with Crippen molar-refractivity contribution in [2.45, 2.75) is 20.5 Å². The molecule has 3 rings (SSSR count). The molecule has 0 fully saturated rings. The lowest BCUT2D eigenvalue weighted by Crippen LogP contribution is -2.13. The Balaban J connectivity index is 1.81. The second-order valence-electron chi connectivity index (χ2n) is 7.22. The SMILES string of the molecule is CCOc1ccc(NC(=O)/C(C#N)=C\c2cc(Br)c(OCc3ccccc3Cl)c(OCC)c2)cc1. The normalized spacial score (nSPS) is 10.9. The lowest BCUT2D eigenvalue weighted by molar-refractivity contribution is -0.112. The predicted octanol–water partition coefficient (Wildman–Crippen LogP) is 7.02. The van der Waals surface area contributed by atoms with E-state index in [-0.39, 0.29) is 12.2 Å². The molecule has 0 aliphatic heterocycles. The van der Waals surface area contributed by atoms with E-state index in [1.807, 2.05) is 38.1 Å². The van der Waals surface area contributed by atoms with Crippen molar-refractivity contribution in [2.24, 2.45) is 0 Å².